The molecule has 0 aromatic rings. The molecule has 0 amide bonds. The van der Waals surface area contributed by atoms with Crippen LogP contribution >= 0.6 is 0 Å². The van der Waals surface area contributed by atoms with Gasteiger partial charge in [-0.05, 0) is 13.8 Å². The molecular formula is C4H16N2S. The summed E-state index contributed by atoms with van der Waals surface area (Å²) < 4.78 is 0. The molecule has 0 aromatic heterocycles. The fraction of sp³-hybridized carbons (Fsp3) is 1.00. The van der Waals surface area contributed by atoms with Crippen molar-refractivity contribution in [3.8, 4) is 0 Å². The average Bonchev–Trinajstić information content (AvgIpc) is 1.39. The van der Waals surface area contributed by atoms with Crippen LogP contribution in [0.15, 0.2) is 0 Å². The molecule has 6 N–H and O–H groups in total. The van der Waals surface area contributed by atoms with Gasteiger partial charge in [0.1, 0.15) is 0 Å². The lowest BCUT2D eigenvalue weighted by Crippen LogP contribution is -2.48. The molecule has 0 aliphatic heterocycles. The maximum absolute atomic E-state index is 3.49. The van der Waals surface area contributed by atoms with E-state index in [0.717, 1.165) is 13.1 Å². The molecule has 2 nitrogen and oxygen atoms in total. The monoisotopic (exact) mass is 124 g/mol. The first-order valence-corrected chi connectivity index (χ1v) is 2.41. The van der Waals surface area contributed by atoms with Crippen molar-refractivity contribution in [3.05, 3.63) is 0 Å². The lowest BCUT2D eigenvalue weighted by molar-refractivity contribution is -0.362. The van der Waals surface area contributed by atoms with Gasteiger partial charge in [-0.1, -0.05) is 0 Å². The molecule has 0 aliphatic rings. The second-order valence-corrected chi connectivity index (χ2v) is 1.000. The van der Waals surface area contributed by atoms with Gasteiger partial charge in [0.25, 0.3) is 0 Å². The van der Waals surface area contributed by atoms with Gasteiger partial charge in [0.15, 0.2) is 0 Å². The standard InChI is InChI=1S/2C2H7N.S/c2*1-2-3;/h2*2-3H2,1H3;/q;;-2/p+2. The van der Waals surface area contributed by atoms with E-state index in [1.165, 1.54) is 0 Å². The van der Waals surface area contributed by atoms with E-state index in [2.05, 4.69) is 11.5 Å². The summed E-state index contributed by atoms with van der Waals surface area (Å²) in [7, 11) is 0. The topological polar surface area (TPSA) is 55.3 Å². The quantitative estimate of drug-likeness (QED) is 0.395. The fourth-order valence-corrected chi connectivity index (χ4v) is 0. The SMILES string of the molecule is CC[NH3+].CC[NH3+].[S-2]. The second kappa shape index (κ2) is 33.8. The Kier molecular flexibility index (Phi) is 75.7. The highest BCUT2D eigenvalue weighted by Gasteiger charge is 1.37. The molecule has 0 fully saturated rings. The van der Waals surface area contributed by atoms with Gasteiger partial charge in [-0.3, -0.25) is 0 Å². The Hall–Kier alpha value is 0.270. The third-order valence-corrected chi connectivity index (χ3v) is 0. The number of hydrogen-bond donors (Lipinski definition) is 2. The predicted octanol–water partition coefficient (Wildman–Crippen LogP) is -1.51. The molecular weight excluding hydrogens is 108 g/mol. The van der Waals surface area contributed by atoms with E-state index in [0.29, 0.717) is 0 Å². The van der Waals surface area contributed by atoms with Crippen LogP contribution in [0.4, 0.5) is 0 Å². The second-order valence-electron chi connectivity index (χ2n) is 1.000. The molecule has 0 saturated carbocycles. The first-order valence-electron chi connectivity index (χ1n) is 2.41. The Morgan fingerprint density at radius 3 is 1.00 bits per heavy atom. The van der Waals surface area contributed by atoms with Gasteiger partial charge in [0.05, 0.1) is 13.1 Å². The van der Waals surface area contributed by atoms with Crippen molar-refractivity contribution in [2.24, 2.45) is 0 Å². The minimum atomic E-state index is 0. The van der Waals surface area contributed by atoms with E-state index in [1.54, 1.807) is 0 Å². The number of quaternary nitrogens is 2. The van der Waals surface area contributed by atoms with Crippen LogP contribution in [-0.2, 0) is 13.5 Å². The summed E-state index contributed by atoms with van der Waals surface area (Å²) in [6.45, 7) is 6.03. The van der Waals surface area contributed by atoms with Crippen LogP contribution in [0.2, 0.25) is 0 Å². The Morgan fingerprint density at radius 2 is 1.00 bits per heavy atom. The Morgan fingerprint density at radius 1 is 1.00 bits per heavy atom. The Balaban J connectivity index is -0.0000000400. The summed E-state index contributed by atoms with van der Waals surface area (Å²) in [5.41, 5.74) is 6.97. The highest BCUT2D eigenvalue weighted by molar-refractivity contribution is 7.37. The van der Waals surface area contributed by atoms with Crippen LogP contribution in [0, 0.1) is 0 Å². The summed E-state index contributed by atoms with van der Waals surface area (Å²) in [5.74, 6) is 0. The lowest BCUT2D eigenvalue weighted by Gasteiger charge is -2.00. The van der Waals surface area contributed by atoms with Gasteiger partial charge in [0, 0.05) is 0 Å². The van der Waals surface area contributed by atoms with E-state index in [1.807, 2.05) is 13.8 Å². The molecule has 7 heavy (non-hydrogen) atoms. The van der Waals surface area contributed by atoms with Crippen molar-refractivity contribution in [1.29, 1.82) is 0 Å². The molecule has 0 heterocycles. The van der Waals surface area contributed by atoms with Gasteiger partial charge in [0.2, 0.25) is 0 Å². The van der Waals surface area contributed by atoms with Crippen LogP contribution in [0.3, 0.4) is 0 Å². The summed E-state index contributed by atoms with van der Waals surface area (Å²) in [5, 5.41) is 0. The lowest BCUT2D eigenvalue weighted by atomic mass is 10.8. The minimum Gasteiger partial charge on any atom is -2.00 e. The van der Waals surface area contributed by atoms with E-state index < -0.39 is 0 Å². The normalized spacial score (nSPS) is 5.14. The van der Waals surface area contributed by atoms with Gasteiger partial charge >= 0.3 is 0 Å². The van der Waals surface area contributed by atoms with Crippen molar-refractivity contribution < 1.29 is 11.5 Å². The molecule has 0 radical (unpaired) electrons. The van der Waals surface area contributed by atoms with Gasteiger partial charge in [-0.15, -0.1) is 0 Å². The third kappa shape index (κ3) is 1570. The molecule has 0 rings (SSSR count). The van der Waals surface area contributed by atoms with E-state index in [4.69, 9.17) is 0 Å². The molecule has 0 atom stereocenters. The number of rotatable bonds is 0. The Bertz CT molecular complexity index is 11.7. The molecule has 0 unspecified atom stereocenters. The largest absolute Gasteiger partial charge is 2.00 e. The molecule has 0 aliphatic carbocycles. The van der Waals surface area contributed by atoms with Crippen LogP contribution in [0.5, 0.6) is 0 Å². The summed E-state index contributed by atoms with van der Waals surface area (Å²) in [4.78, 5) is 0. The van der Waals surface area contributed by atoms with Gasteiger partial charge < -0.3 is 25.0 Å². The van der Waals surface area contributed by atoms with Gasteiger partial charge in [-0.25, -0.2) is 0 Å². The van der Waals surface area contributed by atoms with Crippen molar-refractivity contribution in [2.75, 3.05) is 13.1 Å². The summed E-state index contributed by atoms with van der Waals surface area (Å²) >= 11 is 0. The fourth-order valence-electron chi connectivity index (χ4n) is 0. The molecule has 48 valence electrons. The van der Waals surface area contributed by atoms with Crippen molar-refractivity contribution in [2.45, 2.75) is 13.8 Å². The zero-order valence-corrected chi connectivity index (χ0v) is 6.05. The van der Waals surface area contributed by atoms with E-state index in [-0.39, 0.29) is 13.5 Å². The number of hydrogen-bond acceptors (Lipinski definition) is 0. The minimum absolute atomic E-state index is 0. The predicted molar refractivity (Wildman–Crippen MR) is 34.2 cm³/mol. The van der Waals surface area contributed by atoms with Crippen molar-refractivity contribution in [3.63, 3.8) is 0 Å². The van der Waals surface area contributed by atoms with E-state index in [9.17, 15) is 0 Å². The van der Waals surface area contributed by atoms with Crippen molar-refractivity contribution >= 4 is 13.5 Å². The van der Waals surface area contributed by atoms with Crippen molar-refractivity contribution in [1.82, 2.24) is 0 Å². The molecule has 0 aromatic carbocycles. The smallest absolute Gasteiger partial charge is 0.0711 e. The first kappa shape index (κ1) is 15.7. The Labute approximate surface area is 52.7 Å². The highest BCUT2D eigenvalue weighted by Crippen LogP contribution is 1.14. The van der Waals surface area contributed by atoms with Crippen LogP contribution in [-0.4, -0.2) is 13.1 Å². The van der Waals surface area contributed by atoms with Gasteiger partial charge in [-0.2, -0.15) is 0 Å². The zero-order valence-electron chi connectivity index (χ0n) is 5.24. The summed E-state index contributed by atoms with van der Waals surface area (Å²) in [6.07, 6.45) is 0. The molecule has 0 spiro atoms. The zero-order chi connectivity index (χ0) is 5.41. The summed E-state index contributed by atoms with van der Waals surface area (Å²) in [6, 6.07) is 0. The maximum atomic E-state index is 3.49. The maximum Gasteiger partial charge on any atom is 0.0711 e. The van der Waals surface area contributed by atoms with Crippen LogP contribution in [0.25, 0.3) is 0 Å². The molecule has 0 saturated heterocycles. The highest BCUT2D eigenvalue weighted by atomic mass is 32.1. The first-order chi connectivity index (χ1) is 2.83. The third-order valence-electron chi connectivity index (χ3n) is 0. The van der Waals surface area contributed by atoms with Crippen LogP contribution < -0.4 is 11.5 Å². The molecule has 3 heteroatoms. The van der Waals surface area contributed by atoms with E-state index >= 15 is 0 Å². The average molecular weight is 124 g/mol. The van der Waals surface area contributed by atoms with Crippen LogP contribution in [0.1, 0.15) is 13.8 Å². The molecule has 0 bridgehead atoms.